The lowest BCUT2D eigenvalue weighted by molar-refractivity contribution is -0.117. The molecule has 1 N–H and O–H groups in total. The van der Waals surface area contributed by atoms with E-state index in [1.807, 2.05) is 0 Å². The van der Waals surface area contributed by atoms with Crippen molar-refractivity contribution in [1.29, 1.82) is 0 Å². The van der Waals surface area contributed by atoms with Crippen molar-refractivity contribution in [1.82, 2.24) is 0 Å². The summed E-state index contributed by atoms with van der Waals surface area (Å²) in [5.74, 6) is 1.81. The summed E-state index contributed by atoms with van der Waals surface area (Å²) in [6, 6.07) is 6.30. The van der Waals surface area contributed by atoms with E-state index in [1.54, 1.807) is 18.2 Å². The van der Waals surface area contributed by atoms with Crippen LogP contribution in [0.1, 0.15) is 32.1 Å². The van der Waals surface area contributed by atoms with Gasteiger partial charge in [0.15, 0.2) is 0 Å². The van der Waals surface area contributed by atoms with E-state index in [9.17, 15) is 13.6 Å². The molecule has 0 radical (unpaired) electrons. The molecule has 21 heavy (non-hydrogen) atoms. The topological polar surface area (TPSA) is 38.3 Å². The van der Waals surface area contributed by atoms with Crippen LogP contribution >= 0.6 is 0 Å². The zero-order valence-corrected chi connectivity index (χ0v) is 11.7. The molecule has 2 bridgehead atoms. The van der Waals surface area contributed by atoms with Gasteiger partial charge in [0.1, 0.15) is 5.75 Å². The Balaban J connectivity index is 1.60. The molecule has 2 fully saturated rings. The molecule has 114 valence electrons. The van der Waals surface area contributed by atoms with Gasteiger partial charge in [0.05, 0.1) is 5.69 Å². The fraction of sp³-hybridized carbons (Fsp3) is 0.562. The molecule has 1 aromatic rings. The monoisotopic (exact) mass is 295 g/mol. The number of para-hydroxylation sites is 2. The van der Waals surface area contributed by atoms with Crippen molar-refractivity contribution in [2.24, 2.45) is 17.8 Å². The highest BCUT2D eigenvalue weighted by atomic mass is 19.3. The first-order valence-electron chi connectivity index (χ1n) is 7.45. The van der Waals surface area contributed by atoms with E-state index in [2.05, 4.69) is 10.1 Å². The fourth-order valence-corrected chi connectivity index (χ4v) is 3.83. The van der Waals surface area contributed by atoms with Gasteiger partial charge in [-0.05, 0) is 49.1 Å². The minimum absolute atomic E-state index is 0.00814. The fourth-order valence-electron chi connectivity index (χ4n) is 3.83. The Morgan fingerprint density at radius 2 is 2.10 bits per heavy atom. The Kier molecular flexibility index (Phi) is 4.08. The second-order valence-electron chi connectivity index (χ2n) is 6.06. The number of carbonyl (C=O) groups excluding carboxylic acids is 1. The van der Waals surface area contributed by atoms with E-state index in [0.717, 1.165) is 12.3 Å². The maximum atomic E-state index is 12.3. The van der Waals surface area contributed by atoms with Crippen molar-refractivity contribution in [3.05, 3.63) is 24.3 Å². The third kappa shape index (κ3) is 3.34. The van der Waals surface area contributed by atoms with Gasteiger partial charge in [-0.25, -0.2) is 0 Å². The van der Waals surface area contributed by atoms with Crippen molar-refractivity contribution in [2.45, 2.75) is 38.7 Å². The number of benzene rings is 1. The minimum atomic E-state index is -2.89. The van der Waals surface area contributed by atoms with Gasteiger partial charge in [0.2, 0.25) is 5.91 Å². The Morgan fingerprint density at radius 3 is 2.76 bits per heavy atom. The van der Waals surface area contributed by atoms with Crippen LogP contribution in [0.25, 0.3) is 0 Å². The third-order valence-electron chi connectivity index (χ3n) is 4.71. The van der Waals surface area contributed by atoms with Gasteiger partial charge in [-0.3, -0.25) is 4.79 Å². The van der Waals surface area contributed by atoms with Crippen LogP contribution in [0, 0.1) is 17.8 Å². The van der Waals surface area contributed by atoms with Crippen LogP contribution in [0.5, 0.6) is 5.75 Å². The lowest BCUT2D eigenvalue weighted by atomic mass is 9.86. The predicted octanol–water partition coefficient (Wildman–Crippen LogP) is 4.05. The molecular formula is C16H19F2NO2. The van der Waals surface area contributed by atoms with E-state index in [0.29, 0.717) is 23.9 Å². The third-order valence-corrected chi connectivity index (χ3v) is 4.71. The molecule has 3 nitrogen and oxygen atoms in total. The molecule has 0 aliphatic heterocycles. The van der Waals surface area contributed by atoms with Crippen molar-refractivity contribution in [3.63, 3.8) is 0 Å². The molecule has 1 amide bonds. The Hall–Kier alpha value is -1.65. The van der Waals surface area contributed by atoms with Crippen LogP contribution in [0.3, 0.4) is 0 Å². The lowest BCUT2D eigenvalue weighted by Gasteiger charge is -2.21. The normalized spacial score (nSPS) is 27.1. The Morgan fingerprint density at radius 1 is 1.29 bits per heavy atom. The summed E-state index contributed by atoms with van der Waals surface area (Å²) in [5.41, 5.74) is 0.311. The number of hydrogen-bond donors (Lipinski definition) is 1. The van der Waals surface area contributed by atoms with Crippen LogP contribution in [-0.4, -0.2) is 12.5 Å². The number of fused-ring (bicyclic) bond motifs is 2. The molecule has 2 aliphatic carbocycles. The maximum absolute atomic E-state index is 12.3. The number of amides is 1. The summed E-state index contributed by atoms with van der Waals surface area (Å²) in [6.45, 7) is -2.89. The molecule has 2 saturated carbocycles. The molecule has 0 heterocycles. The van der Waals surface area contributed by atoms with Crippen LogP contribution in [0.4, 0.5) is 14.5 Å². The standard InChI is InChI=1S/C16H19F2NO2/c17-16(18)21-14-4-2-1-3-13(14)19-15(20)9-12-8-10-5-6-11(12)7-10/h1-4,10-12,16H,5-9H2,(H,19,20). The summed E-state index contributed by atoms with van der Waals surface area (Å²) in [7, 11) is 0. The number of alkyl halides is 2. The number of hydrogen-bond acceptors (Lipinski definition) is 2. The summed E-state index contributed by atoms with van der Waals surface area (Å²) >= 11 is 0. The molecule has 0 aromatic heterocycles. The number of anilines is 1. The van der Waals surface area contributed by atoms with Crippen molar-refractivity contribution < 1.29 is 18.3 Å². The quantitative estimate of drug-likeness (QED) is 0.890. The minimum Gasteiger partial charge on any atom is -0.433 e. The van der Waals surface area contributed by atoms with Gasteiger partial charge >= 0.3 is 6.61 Å². The highest BCUT2D eigenvalue weighted by Crippen LogP contribution is 2.49. The SMILES string of the molecule is O=C(CC1CC2CCC1C2)Nc1ccccc1OC(F)F. The average molecular weight is 295 g/mol. The van der Waals surface area contributed by atoms with Crippen molar-refractivity contribution in [2.75, 3.05) is 5.32 Å². The lowest BCUT2D eigenvalue weighted by Crippen LogP contribution is -2.20. The summed E-state index contributed by atoms with van der Waals surface area (Å²) in [6.07, 6.45) is 5.39. The van der Waals surface area contributed by atoms with Gasteiger partial charge < -0.3 is 10.1 Å². The Bertz CT molecular complexity index is 521. The van der Waals surface area contributed by atoms with Gasteiger partial charge in [0.25, 0.3) is 0 Å². The van der Waals surface area contributed by atoms with Crippen LogP contribution < -0.4 is 10.1 Å². The second-order valence-corrected chi connectivity index (χ2v) is 6.06. The van der Waals surface area contributed by atoms with E-state index in [1.165, 1.54) is 25.3 Å². The highest BCUT2D eigenvalue weighted by Gasteiger charge is 2.40. The van der Waals surface area contributed by atoms with Crippen LogP contribution in [-0.2, 0) is 4.79 Å². The molecule has 0 saturated heterocycles. The van der Waals surface area contributed by atoms with Gasteiger partial charge in [-0.15, -0.1) is 0 Å². The molecule has 2 aliphatic rings. The number of nitrogens with one attached hydrogen (secondary N) is 1. The first-order chi connectivity index (χ1) is 10.1. The molecule has 1 aromatic carbocycles. The molecular weight excluding hydrogens is 276 g/mol. The average Bonchev–Trinajstić information content (AvgIpc) is 3.02. The summed E-state index contributed by atoms with van der Waals surface area (Å²) < 4.78 is 29.1. The predicted molar refractivity (Wildman–Crippen MR) is 75.3 cm³/mol. The largest absolute Gasteiger partial charge is 0.433 e. The van der Waals surface area contributed by atoms with Crippen molar-refractivity contribution in [3.8, 4) is 5.75 Å². The smallest absolute Gasteiger partial charge is 0.387 e. The number of halogens is 2. The molecule has 0 spiro atoms. The molecule has 3 rings (SSSR count). The van der Waals surface area contributed by atoms with Gasteiger partial charge in [-0.1, -0.05) is 18.6 Å². The highest BCUT2D eigenvalue weighted by molar-refractivity contribution is 5.92. The maximum Gasteiger partial charge on any atom is 0.387 e. The number of rotatable bonds is 5. The van der Waals surface area contributed by atoms with E-state index in [-0.39, 0.29) is 11.7 Å². The van der Waals surface area contributed by atoms with E-state index >= 15 is 0 Å². The summed E-state index contributed by atoms with van der Waals surface area (Å²) in [5, 5.41) is 2.70. The first kappa shape index (κ1) is 14.3. The van der Waals surface area contributed by atoms with E-state index < -0.39 is 6.61 Å². The van der Waals surface area contributed by atoms with Gasteiger partial charge in [-0.2, -0.15) is 8.78 Å². The molecule has 3 unspecified atom stereocenters. The van der Waals surface area contributed by atoms with Crippen LogP contribution in [0.2, 0.25) is 0 Å². The second kappa shape index (κ2) is 6.00. The van der Waals surface area contributed by atoms with E-state index in [4.69, 9.17) is 0 Å². The number of ether oxygens (including phenoxy) is 1. The van der Waals surface area contributed by atoms with Crippen molar-refractivity contribution >= 4 is 11.6 Å². The first-order valence-corrected chi connectivity index (χ1v) is 7.45. The van der Waals surface area contributed by atoms with Gasteiger partial charge in [0, 0.05) is 6.42 Å². The zero-order chi connectivity index (χ0) is 14.8. The molecule has 5 heteroatoms. The zero-order valence-electron chi connectivity index (χ0n) is 11.7. The molecule has 3 atom stereocenters. The van der Waals surface area contributed by atoms with Crippen LogP contribution in [0.15, 0.2) is 24.3 Å². The summed E-state index contributed by atoms with van der Waals surface area (Å²) in [4.78, 5) is 12.1. The number of carbonyl (C=O) groups is 1. The Labute approximate surface area is 122 Å².